The highest BCUT2D eigenvalue weighted by Crippen LogP contribution is 2.47. The molecule has 120 valence electrons. The largest absolute Gasteiger partial charge is 0.353 e. The molecular weight excluding hydrogens is 276 g/mol. The third kappa shape index (κ3) is 2.87. The molecule has 2 aliphatic rings. The van der Waals surface area contributed by atoms with Crippen LogP contribution in [-0.2, 0) is 13.6 Å². The van der Waals surface area contributed by atoms with Crippen LogP contribution < -0.4 is 5.32 Å². The average Bonchev–Trinajstić information content (AvgIpc) is 3.06. The van der Waals surface area contributed by atoms with Crippen LogP contribution in [0.15, 0.2) is 17.6 Å². The monoisotopic (exact) mass is 302 g/mol. The lowest BCUT2D eigenvalue weighted by Crippen LogP contribution is -2.42. The van der Waals surface area contributed by atoms with E-state index in [0.717, 1.165) is 37.2 Å². The molecule has 1 saturated carbocycles. The number of hydrogen-bond donors (Lipinski definition) is 1. The third-order valence-electron chi connectivity index (χ3n) is 5.11. The second kappa shape index (κ2) is 6.10. The maximum Gasteiger partial charge on any atom is 0.194 e. The lowest BCUT2D eigenvalue weighted by atomic mass is 9.68. The van der Waals surface area contributed by atoms with Crippen molar-refractivity contribution in [3.63, 3.8) is 0 Å². The Kier molecular flexibility index (Phi) is 4.18. The van der Waals surface area contributed by atoms with Gasteiger partial charge in [-0.3, -0.25) is 0 Å². The zero-order valence-electron chi connectivity index (χ0n) is 13.7. The molecule has 6 heteroatoms. The molecule has 1 aromatic heterocycles. The van der Waals surface area contributed by atoms with E-state index < -0.39 is 0 Å². The summed E-state index contributed by atoms with van der Waals surface area (Å²) >= 11 is 0. The summed E-state index contributed by atoms with van der Waals surface area (Å²) in [6.07, 6.45) is 7.31. The Hall–Kier alpha value is -1.85. The first-order valence-electron chi connectivity index (χ1n) is 8.13. The van der Waals surface area contributed by atoms with Crippen LogP contribution in [0.1, 0.15) is 37.3 Å². The summed E-state index contributed by atoms with van der Waals surface area (Å²) < 4.78 is 1.99. The van der Waals surface area contributed by atoms with Crippen LogP contribution in [0.2, 0.25) is 0 Å². The summed E-state index contributed by atoms with van der Waals surface area (Å²) in [6, 6.07) is 0. The van der Waals surface area contributed by atoms with Crippen molar-refractivity contribution in [2.75, 3.05) is 19.6 Å². The van der Waals surface area contributed by atoms with Crippen LogP contribution in [0.4, 0.5) is 0 Å². The summed E-state index contributed by atoms with van der Waals surface area (Å²) in [6.45, 7) is 9.27. The van der Waals surface area contributed by atoms with Crippen LogP contribution in [-0.4, -0.2) is 45.3 Å². The molecule has 22 heavy (non-hydrogen) atoms. The number of aliphatic imine (C=N–C) groups is 1. The summed E-state index contributed by atoms with van der Waals surface area (Å²) in [5, 5.41) is 11.7. The van der Waals surface area contributed by atoms with Gasteiger partial charge < -0.3 is 14.8 Å². The maximum atomic E-state index is 4.77. The zero-order chi connectivity index (χ0) is 15.6. The lowest BCUT2D eigenvalue weighted by molar-refractivity contribution is 0.151. The molecule has 6 nitrogen and oxygen atoms in total. The van der Waals surface area contributed by atoms with Crippen molar-refractivity contribution in [3.8, 4) is 0 Å². The van der Waals surface area contributed by atoms with Crippen molar-refractivity contribution in [1.29, 1.82) is 0 Å². The SMILES string of the molecule is C=CCNC(=NCc1nnc(C)n1C)N1CCC2(CCC2)C1. The van der Waals surface area contributed by atoms with Crippen LogP contribution in [0, 0.1) is 12.3 Å². The average molecular weight is 302 g/mol. The molecule has 0 amide bonds. The second-order valence-electron chi connectivity index (χ2n) is 6.56. The Balaban J connectivity index is 1.70. The van der Waals surface area contributed by atoms with E-state index in [1.807, 2.05) is 24.6 Å². The van der Waals surface area contributed by atoms with Crippen molar-refractivity contribution in [2.45, 2.75) is 39.2 Å². The first kappa shape index (κ1) is 15.1. The first-order chi connectivity index (χ1) is 10.6. The normalized spacial score (nSPS) is 20.3. The number of aryl methyl sites for hydroxylation is 1. The van der Waals surface area contributed by atoms with E-state index in [2.05, 4.69) is 27.0 Å². The molecule has 1 spiro atoms. The van der Waals surface area contributed by atoms with E-state index in [4.69, 9.17) is 4.99 Å². The van der Waals surface area contributed by atoms with E-state index >= 15 is 0 Å². The van der Waals surface area contributed by atoms with E-state index in [0.29, 0.717) is 12.0 Å². The van der Waals surface area contributed by atoms with Gasteiger partial charge in [-0.2, -0.15) is 0 Å². The van der Waals surface area contributed by atoms with Gasteiger partial charge in [-0.05, 0) is 31.6 Å². The summed E-state index contributed by atoms with van der Waals surface area (Å²) in [7, 11) is 1.98. The number of hydrogen-bond acceptors (Lipinski definition) is 3. The van der Waals surface area contributed by atoms with Crippen LogP contribution >= 0.6 is 0 Å². The molecule has 3 rings (SSSR count). The Morgan fingerprint density at radius 1 is 1.41 bits per heavy atom. The minimum absolute atomic E-state index is 0.556. The van der Waals surface area contributed by atoms with Gasteiger partial charge in [-0.15, -0.1) is 16.8 Å². The van der Waals surface area contributed by atoms with E-state index in [-0.39, 0.29) is 0 Å². The number of rotatable bonds is 4. The predicted molar refractivity (Wildman–Crippen MR) is 87.6 cm³/mol. The Labute approximate surface area is 132 Å². The highest BCUT2D eigenvalue weighted by atomic mass is 15.3. The van der Waals surface area contributed by atoms with Gasteiger partial charge in [0.05, 0.1) is 0 Å². The smallest absolute Gasteiger partial charge is 0.194 e. The fourth-order valence-electron chi connectivity index (χ4n) is 3.37. The van der Waals surface area contributed by atoms with Crippen molar-refractivity contribution in [3.05, 3.63) is 24.3 Å². The van der Waals surface area contributed by atoms with Gasteiger partial charge in [-0.1, -0.05) is 12.5 Å². The molecule has 2 fully saturated rings. The molecule has 1 aliphatic carbocycles. The van der Waals surface area contributed by atoms with Crippen LogP contribution in [0.3, 0.4) is 0 Å². The summed E-state index contributed by atoms with van der Waals surface area (Å²) in [5.74, 6) is 2.79. The minimum atomic E-state index is 0.556. The molecule has 1 saturated heterocycles. The Morgan fingerprint density at radius 3 is 2.77 bits per heavy atom. The molecule has 1 aliphatic heterocycles. The van der Waals surface area contributed by atoms with E-state index in [1.54, 1.807) is 0 Å². The van der Waals surface area contributed by atoms with Gasteiger partial charge in [0.1, 0.15) is 12.4 Å². The van der Waals surface area contributed by atoms with E-state index in [1.165, 1.54) is 25.7 Å². The highest BCUT2D eigenvalue weighted by molar-refractivity contribution is 5.80. The first-order valence-corrected chi connectivity index (χ1v) is 8.13. The van der Waals surface area contributed by atoms with Gasteiger partial charge in [0.25, 0.3) is 0 Å². The van der Waals surface area contributed by atoms with Crippen molar-refractivity contribution < 1.29 is 0 Å². The van der Waals surface area contributed by atoms with Gasteiger partial charge in [0.15, 0.2) is 11.8 Å². The molecule has 1 N–H and O–H groups in total. The van der Waals surface area contributed by atoms with Crippen molar-refractivity contribution in [1.82, 2.24) is 25.0 Å². The molecule has 0 atom stereocenters. The Morgan fingerprint density at radius 2 is 2.23 bits per heavy atom. The summed E-state index contributed by atoms with van der Waals surface area (Å²) in [5.41, 5.74) is 0.567. The van der Waals surface area contributed by atoms with Crippen molar-refractivity contribution in [2.24, 2.45) is 17.5 Å². The van der Waals surface area contributed by atoms with Gasteiger partial charge in [0.2, 0.25) is 0 Å². The summed E-state index contributed by atoms with van der Waals surface area (Å²) in [4.78, 5) is 7.17. The fraction of sp³-hybridized carbons (Fsp3) is 0.688. The van der Waals surface area contributed by atoms with E-state index in [9.17, 15) is 0 Å². The molecule has 1 aromatic rings. The van der Waals surface area contributed by atoms with Crippen molar-refractivity contribution >= 4 is 5.96 Å². The number of guanidine groups is 1. The number of nitrogens with one attached hydrogen (secondary N) is 1. The zero-order valence-corrected chi connectivity index (χ0v) is 13.7. The highest BCUT2D eigenvalue weighted by Gasteiger charge is 2.43. The quantitative estimate of drug-likeness (QED) is 0.522. The Bertz CT molecular complexity index is 569. The number of aromatic nitrogens is 3. The minimum Gasteiger partial charge on any atom is -0.353 e. The van der Waals surface area contributed by atoms with Gasteiger partial charge >= 0.3 is 0 Å². The molecule has 0 bridgehead atoms. The topological polar surface area (TPSA) is 58.3 Å². The number of likely N-dealkylation sites (tertiary alicyclic amines) is 1. The molecular formula is C16H26N6. The predicted octanol–water partition coefficient (Wildman–Crippen LogP) is 1.63. The number of nitrogens with zero attached hydrogens (tertiary/aromatic N) is 5. The second-order valence-corrected chi connectivity index (χ2v) is 6.56. The van der Waals surface area contributed by atoms with Crippen LogP contribution in [0.25, 0.3) is 0 Å². The fourth-order valence-corrected chi connectivity index (χ4v) is 3.37. The van der Waals surface area contributed by atoms with Gasteiger partial charge in [-0.25, -0.2) is 4.99 Å². The van der Waals surface area contributed by atoms with Crippen LogP contribution in [0.5, 0.6) is 0 Å². The lowest BCUT2D eigenvalue weighted by Gasteiger charge is -2.38. The standard InChI is InChI=1S/C16H26N6/c1-4-9-17-15(18-11-14-20-19-13(2)21(14)3)22-10-8-16(12-22)6-5-7-16/h4H,1,5-12H2,2-3H3,(H,17,18). The maximum absolute atomic E-state index is 4.77. The molecule has 0 aromatic carbocycles. The molecule has 0 unspecified atom stereocenters. The molecule has 0 radical (unpaired) electrons. The van der Waals surface area contributed by atoms with Gasteiger partial charge in [0, 0.05) is 26.7 Å². The molecule has 2 heterocycles. The third-order valence-corrected chi connectivity index (χ3v) is 5.11.